The minimum atomic E-state index is -0.464. The molecule has 1 aliphatic rings. The van der Waals surface area contributed by atoms with Crippen molar-refractivity contribution in [2.45, 2.75) is 19.4 Å². The lowest BCUT2D eigenvalue weighted by atomic mass is 9.98. The van der Waals surface area contributed by atoms with Gasteiger partial charge in [0.25, 0.3) is 0 Å². The van der Waals surface area contributed by atoms with Crippen LogP contribution in [0.25, 0.3) is 0 Å². The number of nitrogens with one attached hydrogen (secondary N) is 1. The molecule has 1 saturated heterocycles. The third kappa shape index (κ3) is 3.57. The molecule has 20 heavy (non-hydrogen) atoms. The molecule has 1 atom stereocenters. The summed E-state index contributed by atoms with van der Waals surface area (Å²) in [5.41, 5.74) is 0.669. The van der Waals surface area contributed by atoms with Crippen molar-refractivity contribution in [2.75, 3.05) is 26.2 Å². The van der Waals surface area contributed by atoms with Crippen LogP contribution < -0.4 is 5.32 Å². The third-order valence-corrected chi connectivity index (χ3v) is 3.64. The van der Waals surface area contributed by atoms with E-state index in [2.05, 4.69) is 16.8 Å². The lowest BCUT2D eigenvalue weighted by Crippen LogP contribution is -2.45. The Labute approximate surface area is 125 Å². The maximum Gasteiger partial charge on any atom is 0.133 e. The summed E-state index contributed by atoms with van der Waals surface area (Å²) in [4.78, 5) is 2.12. The zero-order chi connectivity index (χ0) is 13.8. The van der Waals surface area contributed by atoms with E-state index in [4.69, 9.17) is 0 Å². The quantitative estimate of drug-likeness (QED) is 0.859. The smallest absolute Gasteiger partial charge is 0.133 e. The normalized spacial score (nSPS) is 17.4. The van der Waals surface area contributed by atoms with Crippen LogP contribution >= 0.6 is 12.4 Å². The second kappa shape index (κ2) is 7.72. The van der Waals surface area contributed by atoms with Crippen LogP contribution in [0.4, 0.5) is 8.78 Å². The van der Waals surface area contributed by atoms with Crippen molar-refractivity contribution >= 4 is 12.4 Å². The minimum absolute atomic E-state index is 0. The Balaban J connectivity index is 0.00000200. The predicted octanol–water partition coefficient (Wildman–Crippen LogP) is 3.22. The van der Waals surface area contributed by atoms with Gasteiger partial charge in [-0.2, -0.15) is 0 Å². The van der Waals surface area contributed by atoms with Gasteiger partial charge in [0, 0.05) is 37.8 Å². The summed E-state index contributed by atoms with van der Waals surface area (Å²) >= 11 is 0. The van der Waals surface area contributed by atoms with Crippen molar-refractivity contribution < 1.29 is 8.78 Å². The first-order valence-corrected chi connectivity index (χ1v) is 6.65. The van der Waals surface area contributed by atoms with Gasteiger partial charge < -0.3 is 5.32 Å². The second-order valence-corrected chi connectivity index (χ2v) is 4.92. The molecule has 1 aromatic carbocycles. The maximum absolute atomic E-state index is 14.3. The number of nitrogens with zero attached hydrogens (tertiary/aromatic N) is 1. The van der Waals surface area contributed by atoms with Crippen molar-refractivity contribution in [1.82, 2.24) is 10.2 Å². The number of hydrogen-bond acceptors (Lipinski definition) is 2. The van der Waals surface area contributed by atoms with Crippen LogP contribution in [-0.2, 0) is 0 Å². The van der Waals surface area contributed by atoms with E-state index in [1.54, 1.807) is 13.0 Å². The molecule has 0 bridgehead atoms. The fourth-order valence-electron chi connectivity index (χ4n) is 2.58. The number of halogens is 3. The molecule has 2 nitrogen and oxygen atoms in total. The number of rotatable bonds is 4. The van der Waals surface area contributed by atoms with Gasteiger partial charge in [-0.25, -0.2) is 8.78 Å². The van der Waals surface area contributed by atoms with E-state index in [0.29, 0.717) is 12.0 Å². The van der Waals surface area contributed by atoms with Crippen molar-refractivity contribution in [3.8, 4) is 0 Å². The summed E-state index contributed by atoms with van der Waals surface area (Å²) < 4.78 is 28.3. The molecule has 112 valence electrons. The number of hydrogen-bond donors (Lipinski definition) is 1. The van der Waals surface area contributed by atoms with E-state index < -0.39 is 11.6 Å². The van der Waals surface area contributed by atoms with Gasteiger partial charge in [0.15, 0.2) is 0 Å². The monoisotopic (exact) mass is 302 g/mol. The molecule has 1 aromatic rings. The number of piperazine rings is 1. The molecule has 0 spiro atoms. The summed E-state index contributed by atoms with van der Waals surface area (Å²) in [6.45, 7) is 8.68. The lowest BCUT2D eigenvalue weighted by molar-refractivity contribution is 0.167. The Morgan fingerprint density at radius 1 is 1.35 bits per heavy atom. The van der Waals surface area contributed by atoms with E-state index in [1.165, 1.54) is 12.1 Å². The van der Waals surface area contributed by atoms with Crippen molar-refractivity contribution in [2.24, 2.45) is 0 Å². The fraction of sp³-hybridized carbons (Fsp3) is 0.467. The van der Waals surface area contributed by atoms with Crippen molar-refractivity contribution in [1.29, 1.82) is 0 Å². The van der Waals surface area contributed by atoms with Gasteiger partial charge in [-0.05, 0) is 25.0 Å². The molecule has 1 heterocycles. The van der Waals surface area contributed by atoms with Crippen LogP contribution in [0.5, 0.6) is 0 Å². The van der Waals surface area contributed by atoms with Crippen LogP contribution in [0, 0.1) is 18.6 Å². The third-order valence-electron chi connectivity index (χ3n) is 3.64. The van der Waals surface area contributed by atoms with E-state index in [9.17, 15) is 8.78 Å². The molecule has 0 radical (unpaired) electrons. The summed E-state index contributed by atoms with van der Waals surface area (Å²) in [5.74, 6) is -0.890. The molecule has 0 saturated carbocycles. The topological polar surface area (TPSA) is 15.3 Å². The molecule has 5 heteroatoms. The van der Waals surface area contributed by atoms with E-state index >= 15 is 0 Å². The summed E-state index contributed by atoms with van der Waals surface area (Å²) in [6, 6.07) is 2.57. The Bertz CT molecular complexity index is 459. The minimum Gasteiger partial charge on any atom is -0.314 e. The Kier molecular flexibility index (Phi) is 6.59. The fourth-order valence-corrected chi connectivity index (χ4v) is 2.58. The van der Waals surface area contributed by atoms with E-state index in [0.717, 1.165) is 26.2 Å². The Morgan fingerprint density at radius 3 is 2.60 bits per heavy atom. The first-order chi connectivity index (χ1) is 9.15. The molecule has 1 aliphatic heterocycles. The first kappa shape index (κ1) is 17.1. The molecule has 1 N–H and O–H groups in total. The molecule has 2 rings (SSSR count). The van der Waals surface area contributed by atoms with Gasteiger partial charge >= 0.3 is 0 Å². The van der Waals surface area contributed by atoms with Gasteiger partial charge in [0.2, 0.25) is 0 Å². The SMILES string of the molecule is C=CC[C@H](c1c(F)ccc(C)c1F)N1CCNCC1.Cl. The van der Waals surface area contributed by atoms with Crippen LogP contribution in [0.1, 0.15) is 23.6 Å². The highest BCUT2D eigenvalue weighted by Crippen LogP contribution is 2.30. The van der Waals surface area contributed by atoms with Crippen LogP contribution in [-0.4, -0.2) is 31.1 Å². The van der Waals surface area contributed by atoms with Gasteiger partial charge in [-0.3, -0.25) is 4.90 Å². The second-order valence-electron chi connectivity index (χ2n) is 4.92. The Morgan fingerprint density at radius 2 is 2.00 bits per heavy atom. The van der Waals surface area contributed by atoms with E-state index in [1.807, 2.05) is 0 Å². The Hall–Kier alpha value is -0.970. The molecular formula is C15H21ClF2N2. The highest BCUT2D eigenvalue weighted by Gasteiger charge is 2.27. The molecule has 0 amide bonds. The van der Waals surface area contributed by atoms with Crippen molar-refractivity contribution in [3.05, 3.63) is 47.5 Å². The summed E-state index contributed by atoms with van der Waals surface area (Å²) in [5, 5.41) is 3.25. The maximum atomic E-state index is 14.3. The van der Waals surface area contributed by atoms with Gasteiger partial charge in [0.1, 0.15) is 11.6 Å². The molecule has 0 aliphatic carbocycles. The van der Waals surface area contributed by atoms with Crippen LogP contribution in [0.2, 0.25) is 0 Å². The predicted molar refractivity (Wildman–Crippen MR) is 80.3 cm³/mol. The summed E-state index contributed by atoms with van der Waals surface area (Å²) in [7, 11) is 0. The zero-order valence-electron chi connectivity index (χ0n) is 11.7. The average Bonchev–Trinajstić information content (AvgIpc) is 2.43. The highest BCUT2D eigenvalue weighted by molar-refractivity contribution is 5.85. The van der Waals surface area contributed by atoms with Crippen LogP contribution in [0.3, 0.4) is 0 Å². The lowest BCUT2D eigenvalue weighted by Gasteiger charge is -2.35. The molecular weight excluding hydrogens is 282 g/mol. The van der Waals surface area contributed by atoms with Gasteiger partial charge in [-0.1, -0.05) is 12.1 Å². The van der Waals surface area contributed by atoms with Crippen molar-refractivity contribution in [3.63, 3.8) is 0 Å². The average molecular weight is 303 g/mol. The first-order valence-electron chi connectivity index (χ1n) is 6.65. The van der Waals surface area contributed by atoms with E-state index in [-0.39, 0.29) is 24.0 Å². The molecule has 0 aromatic heterocycles. The van der Waals surface area contributed by atoms with Gasteiger partial charge in [-0.15, -0.1) is 19.0 Å². The standard InChI is InChI=1S/C15H20F2N2.ClH/c1-3-4-13(19-9-7-18-8-10-19)14-12(16)6-5-11(2)15(14)17;/h3,5-6,13,18H,1,4,7-10H2,2H3;1H/t13-;/m1./s1. The number of benzene rings is 1. The summed E-state index contributed by atoms with van der Waals surface area (Å²) in [6.07, 6.45) is 2.28. The largest absolute Gasteiger partial charge is 0.314 e. The van der Waals surface area contributed by atoms with Crippen LogP contribution in [0.15, 0.2) is 24.8 Å². The molecule has 1 fully saturated rings. The van der Waals surface area contributed by atoms with Gasteiger partial charge in [0.05, 0.1) is 0 Å². The number of aryl methyl sites for hydroxylation is 1. The zero-order valence-corrected chi connectivity index (χ0v) is 12.5. The highest BCUT2D eigenvalue weighted by atomic mass is 35.5. The molecule has 0 unspecified atom stereocenters.